The predicted molar refractivity (Wildman–Crippen MR) is 54.1 cm³/mol. The molecule has 2 atom stereocenters. The van der Waals surface area contributed by atoms with Gasteiger partial charge in [0.1, 0.15) is 0 Å². The highest BCUT2D eigenvalue weighted by atomic mass is 32.1. The molecule has 0 aromatic carbocycles. The van der Waals surface area contributed by atoms with Crippen LogP contribution in [0.3, 0.4) is 0 Å². The van der Waals surface area contributed by atoms with Crippen molar-refractivity contribution in [3.63, 3.8) is 0 Å². The first-order valence-corrected chi connectivity index (χ1v) is 5.01. The highest BCUT2D eigenvalue weighted by Crippen LogP contribution is 2.31. The molecule has 64 valence electrons. The topological polar surface area (TPSA) is 0 Å². The van der Waals surface area contributed by atoms with Gasteiger partial charge in [0.25, 0.3) is 0 Å². The van der Waals surface area contributed by atoms with Crippen LogP contribution in [0, 0.1) is 11.8 Å². The lowest BCUT2D eigenvalue weighted by Gasteiger charge is -2.26. The predicted octanol–water partition coefficient (Wildman–Crippen LogP) is 3.30. The molecule has 0 aliphatic heterocycles. The van der Waals surface area contributed by atoms with Crippen LogP contribution in [0.25, 0.3) is 0 Å². The third-order valence-corrected chi connectivity index (χ3v) is 2.94. The summed E-state index contributed by atoms with van der Waals surface area (Å²) in [6.07, 6.45) is 4.90. The standard InChI is InChI=1S/C10H18S/c1-7(2)9-5-4-8(3)6-10(9)11/h5,7-8,10-11H,4,6H2,1-3H3/t8-,10+/m1/s1. The Morgan fingerprint density at radius 2 is 2.18 bits per heavy atom. The molecular formula is C10H18S. The number of rotatable bonds is 1. The SMILES string of the molecule is CC(C)C1=CC[C@@H](C)C[C@@H]1S. The average molecular weight is 170 g/mol. The summed E-state index contributed by atoms with van der Waals surface area (Å²) in [6, 6.07) is 0. The molecule has 0 nitrogen and oxygen atoms in total. The van der Waals surface area contributed by atoms with Gasteiger partial charge >= 0.3 is 0 Å². The summed E-state index contributed by atoms with van der Waals surface area (Å²) in [6.45, 7) is 6.81. The highest BCUT2D eigenvalue weighted by Gasteiger charge is 2.19. The van der Waals surface area contributed by atoms with Crippen LogP contribution in [0.15, 0.2) is 11.6 Å². The summed E-state index contributed by atoms with van der Waals surface area (Å²) in [7, 11) is 0. The van der Waals surface area contributed by atoms with E-state index in [9.17, 15) is 0 Å². The third-order valence-electron chi connectivity index (χ3n) is 2.43. The maximum absolute atomic E-state index is 4.59. The van der Waals surface area contributed by atoms with Gasteiger partial charge in [0.2, 0.25) is 0 Å². The van der Waals surface area contributed by atoms with Crippen molar-refractivity contribution in [2.75, 3.05) is 0 Å². The van der Waals surface area contributed by atoms with E-state index in [-0.39, 0.29) is 0 Å². The summed E-state index contributed by atoms with van der Waals surface area (Å²) in [5.74, 6) is 1.52. The average Bonchev–Trinajstić information content (AvgIpc) is 1.85. The van der Waals surface area contributed by atoms with Crippen LogP contribution in [0.1, 0.15) is 33.6 Å². The first-order valence-electron chi connectivity index (χ1n) is 4.49. The Hall–Kier alpha value is 0.0900. The Balaban J connectivity index is 2.65. The lowest BCUT2D eigenvalue weighted by Crippen LogP contribution is -2.17. The molecule has 11 heavy (non-hydrogen) atoms. The number of thiol groups is 1. The maximum Gasteiger partial charge on any atom is 0.0231 e. The van der Waals surface area contributed by atoms with Crippen LogP contribution >= 0.6 is 12.6 Å². The van der Waals surface area contributed by atoms with Gasteiger partial charge in [0, 0.05) is 5.25 Å². The van der Waals surface area contributed by atoms with Gasteiger partial charge in [-0.2, -0.15) is 12.6 Å². The van der Waals surface area contributed by atoms with Crippen LogP contribution in [-0.4, -0.2) is 5.25 Å². The van der Waals surface area contributed by atoms with Gasteiger partial charge in [0.15, 0.2) is 0 Å². The number of allylic oxidation sites excluding steroid dienone is 1. The van der Waals surface area contributed by atoms with Gasteiger partial charge in [-0.05, 0) is 24.7 Å². The normalized spacial score (nSPS) is 32.3. The maximum atomic E-state index is 4.59. The number of hydrogen-bond acceptors (Lipinski definition) is 1. The molecule has 1 rings (SSSR count). The van der Waals surface area contributed by atoms with Crippen LogP contribution in [0.5, 0.6) is 0 Å². The Labute approximate surface area is 75.5 Å². The van der Waals surface area contributed by atoms with Crippen LogP contribution in [0.2, 0.25) is 0 Å². The van der Waals surface area contributed by atoms with Gasteiger partial charge in [-0.1, -0.05) is 32.4 Å². The molecule has 0 bridgehead atoms. The minimum atomic E-state index is 0.527. The Morgan fingerprint density at radius 3 is 2.64 bits per heavy atom. The van der Waals surface area contributed by atoms with Gasteiger partial charge in [-0.25, -0.2) is 0 Å². The second kappa shape index (κ2) is 3.66. The largest absolute Gasteiger partial charge is 0.171 e. The molecule has 0 saturated heterocycles. The Morgan fingerprint density at radius 1 is 1.55 bits per heavy atom. The summed E-state index contributed by atoms with van der Waals surface area (Å²) in [4.78, 5) is 0. The van der Waals surface area contributed by atoms with Crippen molar-refractivity contribution in [3.8, 4) is 0 Å². The molecule has 0 unspecified atom stereocenters. The van der Waals surface area contributed by atoms with Crippen molar-refractivity contribution in [3.05, 3.63) is 11.6 Å². The zero-order valence-corrected chi connectivity index (χ0v) is 8.57. The molecule has 0 heterocycles. The lowest BCUT2D eigenvalue weighted by atomic mass is 9.86. The monoisotopic (exact) mass is 170 g/mol. The van der Waals surface area contributed by atoms with Crippen molar-refractivity contribution in [1.29, 1.82) is 0 Å². The molecule has 0 spiro atoms. The van der Waals surface area contributed by atoms with Gasteiger partial charge in [-0.15, -0.1) is 0 Å². The quantitative estimate of drug-likeness (QED) is 0.453. The number of hydrogen-bond donors (Lipinski definition) is 1. The van der Waals surface area contributed by atoms with Crippen LogP contribution in [0.4, 0.5) is 0 Å². The second-order valence-corrected chi connectivity index (χ2v) is 4.57. The molecule has 0 N–H and O–H groups in total. The summed E-state index contributed by atoms with van der Waals surface area (Å²) in [5, 5.41) is 0.527. The fourth-order valence-corrected chi connectivity index (χ4v) is 2.47. The molecule has 0 aromatic heterocycles. The fourth-order valence-electron chi connectivity index (χ4n) is 1.71. The lowest BCUT2D eigenvalue weighted by molar-refractivity contribution is 0.499. The summed E-state index contributed by atoms with van der Waals surface area (Å²) >= 11 is 4.59. The smallest absolute Gasteiger partial charge is 0.0231 e. The molecule has 0 radical (unpaired) electrons. The van der Waals surface area contributed by atoms with E-state index in [1.165, 1.54) is 12.8 Å². The van der Waals surface area contributed by atoms with Crippen molar-refractivity contribution in [2.24, 2.45) is 11.8 Å². The van der Waals surface area contributed by atoms with Crippen LogP contribution < -0.4 is 0 Å². The Kier molecular flexibility index (Phi) is 3.06. The summed E-state index contributed by atoms with van der Waals surface area (Å²) in [5.41, 5.74) is 1.55. The first-order chi connectivity index (χ1) is 5.11. The van der Waals surface area contributed by atoms with E-state index >= 15 is 0 Å². The zero-order chi connectivity index (χ0) is 8.43. The molecule has 0 fully saturated rings. The first kappa shape index (κ1) is 9.18. The van der Waals surface area contributed by atoms with E-state index < -0.39 is 0 Å². The second-order valence-electron chi connectivity index (χ2n) is 3.95. The van der Waals surface area contributed by atoms with Crippen molar-refractivity contribution in [1.82, 2.24) is 0 Å². The van der Waals surface area contributed by atoms with E-state index in [0.717, 1.165) is 5.92 Å². The molecule has 1 heteroatoms. The summed E-state index contributed by atoms with van der Waals surface area (Å²) < 4.78 is 0. The van der Waals surface area contributed by atoms with Crippen molar-refractivity contribution < 1.29 is 0 Å². The van der Waals surface area contributed by atoms with Gasteiger partial charge in [-0.3, -0.25) is 0 Å². The molecule has 1 aliphatic rings. The van der Waals surface area contributed by atoms with E-state index in [1.54, 1.807) is 5.57 Å². The van der Waals surface area contributed by atoms with Gasteiger partial charge < -0.3 is 0 Å². The minimum Gasteiger partial charge on any atom is -0.171 e. The van der Waals surface area contributed by atoms with Crippen molar-refractivity contribution >= 4 is 12.6 Å². The van der Waals surface area contributed by atoms with E-state index in [2.05, 4.69) is 39.5 Å². The van der Waals surface area contributed by atoms with E-state index in [4.69, 9.17) is 0 Å². The third kappa shape index (κ3) is 2.26. The molecule has 1 aliphatic carbocycles. The fraction of sp³-hybridized carbons (Fsp3) is 0.800. The minimum absolute atomic E-state index is 0.527. The molecule has 0 saturated carbocycles. The highest BCUT2D eigenvalue weighted by molar-refractivity contribution is 7.81. The van der Waals surface area contributed by atoms with Crippen LogP contribution in [-0.2, 0) is 0 Å². The van der Waals surface area contributed by atoms with Crippen molar-refractivity contribution in [2.45, 2.75) is 38.9 Å². The Bertz CT molecular complexity index is 158. The van der Waals surface area contributed by atoms with E-state index in [1.807, 2.05) is 0 Å². The zero-order valence-electron chi connectivity index (χ0n) is 7.67. The van der Waals surface area contributed by atoms with E-state index in [0.29, 0.717) is 11.2 Å². The molecular weight excluding hydrogens is 152 g/mol. The molecule has 0 amide bonds. The molecule has 0 aromatic rings. The van der Waals surface area contributed by atoms with Gasteiger partial charge in [0.05, 0.1) is 0 Å².